The molecule has 2 aliphatic heterocycles. The summed E-state index contributed by atoms with van der Waals surface area (Å²) in [5, 5.41) is 5.53. The first kappa shape index (κ1) is 15.6. The summed E-state index contributed by atoms with van der Waals surface area (Å²) in [4.78, 5) is 35.0. The van der Waals surface area contributed by atoms with Gasteiger partial charge in [-0.25, -0.2) is 9.78 Å². The van der Waals surface area contributed by atoms with Crippen LogP contribution in [-0.4, -0.2) is 33.4 Å². The molecule has 2 N–H and O–H groups in total. The lowest BCUT2D eigenvalue weighted by atomic mass is 9.96. The number of carbonyl (C=O) groups excluding carboxylic acids is 2. The van der Waals surface area contributed by atoms with Crippen LogP contribution in [0.25, 0.3) is 0 Å². The predicted molar refractivity (Wildman–Crippen MR) is 93.5 cm³/mol. The summed E-state index contributed by atoms with van der Waals surface area (Å²) in [6.07, 6.45) is 6.16. The molecular weight excluding hydrogens is 318 g/mol. The molecule has 3 heterocycles. The second kappa shape index (κ2) is 6.16. The van der Waals surface area contributed by atoms with Crippen molar-refractivity contribution in [1.82, 2.24) is 14.9 Å². The Balaban J connectivity index is 1.57. The van der Waals surface area contributed by atoms with E-state index in [2.05, 4.69) is 20.6 Å². The summed E-state index contributed by atoms with van der Waals surface area (Å²) in [5.74, 6) is 0.444. The summed E-state index contributed by atoms with van der Waals surface area (Å²) in [6.45, 7) is 2.61. The fourth-order valence-electron chi connectivity index (χ4n) is 3.58. The second-order valence-corrected chi connectivity index (χ2v) is 6.40. The molecule has 1 aromatic heterocycles. The maximum absolute atomic E-state index is 12.6. The molecule has 1 aromatic carbocycles. The summed E-state index contributed by atoms with van der Waals surface area (Å²) in [6, 6.07) is 5.14. The van der Waals surface area contributed by atoms with Crippen molar-refractivity contribution < 1.29 is 9.59 Å². The van der Waals surface area contributed by atoms with Crippen LogP contribution in [0.1, 0.15) is 46.9 Å². The molecule has 1 fully saturated rings. The zero-order valence-corrected chi connectivity index (χ0v) is 14.0. The van der Waals surface area contributed by atoms with E-state index in [9.17, 15) is 9.59 Å². The van der Waals surface area contributed by atoms with E-state index in [1.54, 1.807) is 12.3 Å². The van der Waals surface area contributed by atoms with Gasteiger partial charge >= 0.3 is 6.03 Å². The average molecular weight is 337 g/mol. The molecule has 0 saturated carbocycles. The molecule has 0 aliphatic carbocycles. The molecule has 1 atom stereocenters. The number of aryl methyl sites for hydroxylation is 1. The number of fused-ring (bicyclic) bond motifs is 3. The van der Waals surface area contributed by atoms with Gasteiger partial charge in [-0.15, -0.1) is 0 Å². The van der Waals surface area contributed by atoms with Gasteiger partial charge in [-0.3, -0.25) is 15.1 Å². The smallest absolute Gasteiger partial charge is 0.324 e. The molecule has 2 aromatic rings. The zero-order chi connectivity index (χ0) is 17.4. The van der Waals surface area contributed by atoms with Crippen molar-refractivity contribution in [1.29, 1.82) is 0 Å². The standard InChI is InChI=1S/C18H19N5O2/c1-11-9-20-15(10-19-11)22-18(25)21-13-6-4-5-12-16(13)14-7-2-3-8-23(14)17(12)24/h4-6,9-10,14H,2-3,7-8H2,1H3,(H2,20,21,22,25). The number of carbonyl (C=O) groups is 2. The number of benzene rings is 1. The van der Waals surface area contributed by atoms with E-state index in [-0.39, 0.29) is 11.9 Å². The molecular formula is C18H19N5O2. The molecule has 0 spiro atoms. The minimum atomic E-state index is -0.395. The van der Waals surface area contributed by atoms with Crippen LogP contribution in [0.5, 0.6) is 0 Å². The number of nitrogens with one attached hydrogen (secondary N) is 2. The number of hydrogen-bond donors (Lipinski definition) is 2. The van der Waals surface area contributed by atoms with Gasteiger partial charge in [-0.05, 0) is 38.3 Å². The van der Waals surface area contributed by atoms with Gasteiger partial charge in [0.2, 0.25) is 0 Å². The van der Waals surface area contributed by atoms with Gasteiger partial charge in [0.15, 0.2) is 5.82 Å². The van der Waals surface area contributed by atoms with Crippen LogP contribution < -0.4 is 10.6 Å². The molecule has 0 radical (unpaired) electrons. The molecule has 2 aliphatic rings. The van der Waals surface area contributed by atoms with Crippen molar-refractivity contribution in [2.75, 3.05) is 17.2 Å². The highest BCUT2D eigenvalue weighted by atomic mass is 16.2. The molecule has 25 heavy (non-hydrogen) atoms. The van der Waals surface area contributed by atoms with Gasteiger partial charge in [0.25, 0.3) is 5.91 Å². The summed E-state index contributed by atoms with van der Waals surface area (Å²) >= 11 is 0. The van der Waals surface area contributed by atoms with Gasteiger partial charge in [0.05, 0.1) is 24.1 Å². The lowest BCUT2D eigenvalue weighted by Gasteiger charge is -2.30. The van der Waals surface area contributed by atoms with E-state index in [4.69, 9.17) is 0 Å². The molecule has 1 saturated heterocycles. The first-order valence-electron chi connectivity index (χ1n) is 8.44. The van der Waals surface area contributed by atoms with Gasteiger partial charge in [0, 0.05) is 23.4 Å². The monoisotopic (exact) mass is 337 g/mol. The largest absolute Gasteiger partial charge is 0.331 e. The van der Waals surface area contributed by atoms with Crippen molar-refractivity contribution in [3.05, 3.63) is 47.4 Å². The van der Waals surface area contributed by atoms with Gasteiger partial charge in [-0.1, -0.05) is 6.07 Å². The Morgan fingerprint density at radius 3 is 2.88 bits per heavy atom. The first-order chi connectivity index (χ1) is 12.1. The fraction of sp³-hybridized carbons (Fsp3) is 0.333. The highest BCUT2D eigenvalue weighted by Crippen LogP contribution is 2.43. The quantitative estimate of drug-likeness (QED) is 0.881. The Bertz CT molecular complexity index is 834. The number of anilines is 2. The second-order valence-electron chi connectivity index (χ2n) is 6.40. The van der Waals surface area contributed by atoms with Crippen LogP contribution in [0.2, 0.25) is 0 Å². The Labute approximate surface area is 145 Å². The maximum atomic E-state index is 12.6. The fourth-order valence-corrected chi connectivity index (χ4v) is 3.58. The molecule has 3 amide bonds. The van der Waals surface area contributed by atoms with Gasteiger partial charge in [0.1, 0.15) is 0 Å². The van der Waals surface area contributed by atoms with Crippen molar-refractivity contribution >= 4 is 23.4 Å². The number of aromatic nitrogens is 2. The normalized spacial score (nSPS) is 18.5. The Morgan fingerprint density at radius 2 is 2.08 bits per heavy atom. The summed E-state index contributed by atoms with van der Waals surface area (Å²) in [5.41, 5.74) is 3.08. The molecule has 128 valence electrons. The minimum absolute atomic E-state index is 0.0620. The molecule has 0 bridgehead atoms. The zero-order valence-electron chi connectivity index (χ0n) is 14.0. The van der Waals surface area contributed by atoms with Crippen molar-refractivity contribution in [3.8, 4) is 0 Å². The van der Waals surface area contributed by atoms with Crippen LogP contribution in [0.15, 0.2) is 30.6 Å². The van der Waals surface area contributed by atoms with E-state index in [1.807, 2.05) is 24.0 Å². The third kappa shape index (κ3) is 2.82. The van der Waals surface area contributed by atoms with Crippen LogP contribution in [0, 0.1) is 6.92 Å². The lowest BCUT2D eigenvalue weighted by Crippen LogP contribution is -2.32. The third-order valence-corrected chi connectivity index (χ3v) is 4.70. The van der Waals surface area contributed by atoms with Gasteiger partial charge in [-0.2, -0.15) is 0 Å². The van der Waals surface area contributed by atoms with E-state index in [0.717, 1.165) is 37.1 Å². The summed E-state index contributed by atoms with van der Waals surface area (Å²) < 4.78 is 0. The number of amides is 3. The lowest BCUT2D eigenvalue weighted by molar-refractivity contribution is 0.0672. The average Bonchev–Trinajstić information content (AvgIpc) is 2.91. The Morgan fingerprint density at radius 1 is 1.20 bits per heavy atom. The van der Waals surface area contributed by atoms with Gasteiger partial charge < -0.3 is 10.2 Å². The topological polar surface area (TPSA) is 87.2 Å². The molecule has 7 heteroatoms. The number of rotatable bonds is 2. The molecule has 7 nitrogen and oxygen atoms in total. The van der Waals surface area contributed by atoms with Crippen LogP contribution in [-0.2, 0) is 0 Å². The number of urea groups is 1. The SMILES string of the molecule is Cc1cnc(NC(=O)Nc2cccc3c2C2CCCCN2C3=O)cn1. The van der Waals surface area contributed by atoms with E-state index in [0.29, 0.717) is 17.1 Å². The van der Waals surface area contributed by atoms with Crippen LogP contribution >= 0.6 is 0 Å². The number of nitrogens with zero attached hydrogens (tertiary/aromatic N) is 3. The first-order valence-corrected chi connectivity index (χ1v) is 8.44. The maximum Gasteiger partial charge on any atom is 0.324 e. The van der Waals surface area contributed by atoms with E-state index >= 15 is 0 Å². The highest BCUT2D eigenvalue weighted by molar-refractivity contribution is 6.04. The Hall–Kier alpha value is -2.96. The molecule has 1 unspecified atom stereocenters. The minimum Gasteiger partial charge on any atom is -0.331 e. The van der Waals surface area contributed by atoms with Crippen molar-refractivity contribution in [3.63, 3.8) is 0 Å². The van der Waals surface area contributed by atoms with E-state index in [1.165, 1.54) is 6.20 Å². The number of piperidine rings is 1. The number of hydrogen-bond acceptors (Lipinski definition) is 4. The third-order valence-electron chi connectivity index (χ3n) is 4.70. The highest BCUT2D eigenvalue weighted by Gasteiger charge is 2.39. The predicted octanol–water partition coefficient (Wildman–Crippen LogP) is 3.11. The van der Waals surface area contributed by atoms with Crippen molar-refractivity contribution in [2.24, 2.45) is 0 Å². The van der Waals surface area contributed by atoms with Crippen molar-refractivity contribution in [2.45, 2.75) is 32.2 Å². The molecule has 4 rings (SSSR count). The van der Waals surface area contributed by atoms with Crippen LogP contribution in [0.3, 0.4) is 0 Å². The van der Waals surface area contributed by atoms with Crippen LogP contribution in [0.4, 0.5) is 16.3 Å². The summed E-state index contributed by atoms with van der Waals surface area (Å²) in [7, 11) is 0. The van der Waals surface area contributed by atoms with E-state index < -0.39 is 6.03 Å². The Kier molecular flexibility index (Phi) is 3.83.